The van der Waals surface area contributed by atoms with Crippen molar-refractivity contribution in [1.29, 1.82) is 0 Å². The number of carbonyl (C=O) groups excluding carboxylic acids is 1. The molecule has 0 heterocycles. The van der Waals surface area contributed by atoms with Gasteiger partial charge in [-0.05, 0) is 23.6 Å². The Morgan fingerprint density at radius 3 is 2.46 bits per heavy atom. The standard InChI is InChI=1S/C20H19NO4S/c1-26(23,24)19-12-5-4-10-17(19)20(22)21-13-14-25-18-11-6-8-15-7-2-3-9-16(15)18/h2-12H,13-14H2,1H3,(H,21,22). The molecule has 3 aromatic rings. The molecule has 0 aliphatic rings. The lowest BCUT2D eigenvalue weighted by atomic mass is 10.1. The number of carbonyl (C=O) groups is 1. The van der Waals surface area contributed by atoms with Gasteiger partial charge in [-0.3, -0.25) is 4.79 Å². The van der Waals surface area contributed by atoms with Gasteiger partial charge in [-0.15, -0.1) is 0 Å². The quantitative estimate of drug-likeness (QED) is 0.678. The van der Waals surface area contributed by atoms with Crippen molar-refractivity contribution in [2.24, 2.45) is 0 Å². The Bertz CT molecular complexity index is 1040. The predicted octanol–water partition coefficient (Wildman–Crippen LogP) is 3.05. The summed E-state index contributed by atoms with van der Waals surface area (Å²) in [5, 5.41) is 4.78. The maximum atomic E-state index is 12.3. The molecule has 0 aliphatic heterocycles. The lowest BCUT2D eigenvalue weighted by molar-refractivity contribution is 0.0944. The minimum Gasteiger partial charge on any atom is -0.491 e. The zero-order chi connectivity index (χ0) is 18.6. The van der Waals surface area contributed by atoms with Gasteiger partial charge in [0.25, 0.3) is 5.91 Å². The maximum Gasteiger partial charge on any atom is 0.252 e. The van der Waals surface area contributed by atoms with Crippen LogP contribution in [0.3, 0.4) is 0 Å². The van der Waals surface area contributed by atoms with Crippen molar-refractivity contribution in [2.45, 2.75) is 4.90 Å². The van der Waals surface area contributed by atoms with Crippen LogP contribution in [-0.4, -0.2) is 33.7 Å². The number of fused-ring (bicyclic) bond motifs is 1. The Kier molecular flexibility index (Phi) is 5.23. The topological polar surface area (TPSA) is 72.5 Å². The van der Waals surface area contributed by atoms with E-state index in [1.807, 2.05) is 42.5 Å². The van der Waals surface area contributed by atoms with E-state index >= 15 is 0 Å². The first kappa shape index (κ1) is 17.9. The van der Waals surface area contributed by atoms with Gasteiger partial charge in [-0.25, -0.2) is 8.42 Å². The van der Waals surface area contributed by atoms with Crippen LogP contribution in [0, 0.1) is 0 Å². The number of sulfone groups is 1. The highest BCUT2D eigenvalue weighted by Gasteiger charge is 2.17. The monoisotopic (exact) mass is 369 g/mol. The fraction of sp³-hybridized carbons (Fsp3) is 0.150. The molecule has 0 fully saturated rings. The highest BCUT2D eigenvalue weighted by Crippen LogP contribution is 2.24. The summed E-state index contributed by atoms with van der Waals surface area (Å²) in [5.74, 6) is 0.307. The van der Waals surface area contributed by atoms with Crippen LogP contribution in [0.4, 0.5) is 0 Å². The smallest absolute Gasteiger partial charge is 0.252 e. The molecule has 3 aromatic carbocycles. The summed E-state index contributed by atoms with van der Waals surface area (Å²) < 4.78 is 29.4. The van der Waals surface area contributed by atoms with Crippen molar-refractivity contribution in [3.05, 3.63) is 72.3 Å². The van der Waals surface area contributed by atoms with Gasteiger partial charge in [-0.1, -0.05) is 48.5 Å². The molecular formula is C20H19NO4S. The molecule has 5 nitrogen and oxygen atoms in total. The molecule has 26 heavy (non-hydrogen) atoms. The number of hydrogen-bond acceptors (Lipinski definition) is 4. The molecular weight excluding hydrogens is 350 g/mol. The molecule has 0 saturated carbocycles. The van der Waals surface area contributed by atoms with E-state index in [4.69, 9.17) is 4.74 Å². The van der Waals surface area contributed by atoms with Crippen LogP contribution in [0.15, 0.2) is 71.6 Å². The Labute approximate surface area is 152 Å². The fourth-order valence-corrected chi connectivity index (χ4v) is 3.61. The molecule has 134 valence electrons. The summed E-state index contributed by atoms with van der Waals surface area (Å²) in [4.78, 5) is 12.3. The number of benzene rings is 3. The number of ether oxygens (including phenoxy) is 1. The van der Waals surface area contributed by atoms with Gasteiger partial charge in [0, 0.05) is 11.6 Å². The SMILES string of the molecule is CS(=O)(=O)c1ccccc1C(=O)NCCOc1cccc2ccccc12. The molecule has 0 bridgehead atoms. The first-order valence-electron chi connectivity index (χ1n) is 8.14. The van der Waals surface area contributed by atoms with Gasteiger partial charge in [0.15, 0.2) is 9.84 Å². The van der Waals surface area contributed by atoms with Crippen LogP contribution < -0.4 is 10.1 Å². The largest absolute Gasteiger partial charge is 0.491 e. The van der Waals surface area contributed by atoms with Crippen LogP contribution in [0.25, 0.3) is 10.8 Å². The third-order valence-electron chi connectivity index (χ3n) is 3.93. The number of hydrogen-bond donors (Lipinski definition) is 1. The number of amides is 1. The molecule has 0 unspecified atom stereocenters. The molecule has 0 aromatic heterocycles. The number of nitrogens with one attached hydrogen (secondary N) is 1. The van der Waals surface area contributed by atoms with Crippen molar-refractivity contribution < 1.29 is 17.9 Å². The normalized spacial score (nSPS) is 11.3. The van der Waals surface area contributed by atoms with Crippen LogP contribution in [-0.2, 0) is 9.84 Å². The minimum atomic E-state index is -3.47. The summed E-state index contributed by atoms with van der Waals surface area (Å²) >= 11 is 0. The number of rotatable bonds is 6. The van der Waals surface area contributed by atoms with E-state index in [2.05, 4.69) is 5.32 Å². The van der Waals surface area contributed by atoms with E-state index in [-0.39, 0.29) is 23.6 Å². The summed E-state index contributed by atoms with van der Waals surface area (Å²) in [6.45, 7) is 0.543. The van der Waals surface area contributed by atoms with Crippen LogP contribution in [0.5, 0.6) is 5.75 Å². The highest BCUT2D eigenvalue weighted by atomic mass is 32.2. The van der Waals surface area contributed by atoms with Crippen molar-refractivity contribution in [2.75, 3.05) is 19.4 Å². The Balaban J connectivity index is 1.63. The molecule has 0 spiro atoms. The third kappa shape index (κ3) is 4.03. The second-order valence-electron chi connectivity index (χ2n) is 5.85. The Morgan fingerprint density at radius 2 is 1.65 bits per heavy atom. The van der Waals surface area contributed by atoms with E-state index in [1.165, 1.54) is 12.1 Å². The van der Waals surface area contributed by atoms with Crippen LogP contribution >= 0.6 is 0 Å². The lowest BCUT2D eigenvalue weighted by Crippen LogP contribution is -2.29. The molecule has 0 radical (unpaired) electrons. The molecule has 0 aliphatic carbocycles. The van der Waals surface area contributed by atoms with Crippen LogP contribution in [0.1, 0.15) is 10.4 Å². The zero-order valence-corrected chi connectivity index (χ0v) is 15.1. The van der Waals surface area contributed by atoms with Gasteiger partial charge in [0.1, 0.15) is 12.4 Å². The van der Waals surface area contributed by atoms with Crippen molar-refractivity contribution in [3.63, 3.8) is 0 Å². The lowest BCUT2D eigenvalue weighted by Gasteiger charge is -2.11. The van der Waals surface area contributed by atoms with Crippen molar-refractivity contribution in [3.8, 4) is 5.75 Å². The van der Waals surface area contributed by atoms with Crippen molar-refractivity contribution >= 4 is 26.5 Å². The molecule has 3 rings (SSSR count). The summed E-state index contributed by atoms with van der Waals surface area (Å²) in [5.41, 5.74) is 0.139. The predicted molar refractivity (Wildman–Crippen MR) is 101 cm³/mol. The first-order valence-corrected chi connectivity index (χ1v) is 10.0. The van der Waals surface area contributed by atoms with Gasteiger partial charge < -0.3 is 10.1 Å². The van der Waals surface area contributed by atoms with E-state index in [0.717, 1.165) is 22.8 Å². The first-order chi connectivity index (χ1) is 12.5. The third-order valence-corrected chi connectivity index (χ3v) is 5.08. The maximum absolute atomic E-state index is 12.3. The minimum absolute atomic E-state index is 0.0208. The zero-order valence-electron chi connectivity index (χ0n) is 14.3. The summed E-state index contributed by atoms with van der Waals surface area (Å²) in [6, 6.07) is 19.8. The van der Waals surface area contributed by atoms with Gasteiger partial charge in [0.05, 0.1) is 17.0 Å². The Morgan fingerprint density at radius 1 is 0.962 bits per heavy atom. The highest BCUT2D eigenvalue weighted by molar-refractivity contribution is 7.90. The van der Waals surface area contributed by atoms with E-state index < -0.39 is 15.7 Å². The van der Waals surface area contributed by atoms with Gasteiger partial charge in [-0.2, -0.15) is 0 Å². The molecule has 0 atom stereocenters. The fourth-order valence-electron chi connectivity index (χ4n) is 2.72. The second-order valence-corrected chi connectivity index (χ2v) is 7.83. The average Bonchev–Trinajstić information content (AvgIpc) is 2.64. The van der Waals surface area contributed by atoms with Gasteiger partial charge in [0.2, 0.25) is 0 Å². The molecule has 0 saturated heterocycles. The van der Waals surface area contributed by atoms with Crippen molar-refractivity contribution in [1.82, 2.24) is 5.32 Å². The van der Waals surface area contributed by atoms with Gasteiger partial charge >= 0.3 is 0 Å². The molecule has 1 amide bonds. The van der Waals surface area contributed by atoms with E-state index in [0.29, 0.717) is 0 Å². The molecule has 6 heteroatoms. The van der Waals surface area contributed by atoms with Crippen LogP contribution in [0.2, 0.25) is 0 Å². The van der Waals surface area contributed by atoms with E-state index in [9.17, 15) is 13.2 Å². The van der Waals surface area contributed by atoms with E-state index in [1.54, 1.807) is 12.1 Å². The second kappa shape index (κ2) is 7.58. The molecule has 1 N–H and O–H groups in total. The Hall–Kier alpha value is -2.86. The summed E-state index contributed by atoms with van der Waals surface area (Å²) in [7, 11) is -3.47. The summed E-state index contributed by atoms with van der Waals surface area (Å²) in [6.07, 6.45) is 1.09. The average molecular weight is 369 g/mol.